The highest BCUT2D eigenvalue weighted by molar-refractivity contribution is 6.31. The standard InChI is InChI=1S/C16H14ClN/c1-11-3-4-14(7-12(11)2)15-8-13(5-6-18)9-16(17)10-15/h3-4,7-10H,5H2,1-2H3. The Kier molecular flexibility index (Phi) is 3.69. The molecule has 0 spiro atoms. The highest BCUT2D eigenvalue weighted by Crippen LogP contribution is 2.26. The molecule has 0 aliphatic carbocycles. The van der Waals surface area contributed by atoms with Crippen LogP contribution in [-0.4, -0.2) is 0 Å². The summed E-state index contributed by atoms with van der Waals surface area (Å²) in [6.07, 6.45) is 0.387. The molecule has 90 valence electrons. The Bertz CT molecular complexity index is 623. The molecule has 1 nitrogen and oxygen atoms in total. The molecule has 2 aromatic rings. The van der Waals surface area contributed by atoms with E-state index in [4.69, 9.17) is 16.9 Å². The Balaban J connectivity index is 2.50. The lowest BCUT2D eigenvalue weighted by atomic mass is 9.98. The van der Waals surface area contributed by atoms with Crippen LogP contribution in [0.4, 0.5) is 0 Å². The van der Waals surface area contributed by atoms with E-state index in [1.165, 1.54) is 11.1 Å². The molecule has 0 bridgehead atoms. The predicted octanol–water partition coefficient (Wildman–Crippen LogP) is 4.69. The number of hydrogen-bond acceptors (Lipinski definition) is 1. The Hall–Kier alpha value is -1.78. The minimum Gasteiger partial charge on any atom is -0.198 e. The summed E-state index contributed by atoms with van der Waals surface area (Å²) in [6.45, 7) is 4.19. The molecular formula is C16H14ClN. The molecule has 0 amide bonds. The fraction of sp³-hybridized carbons (Fsp3) is 0.188. The molecule has 0 heterocycles. The first kappa shape index (κ1) is 12.7. The second-order valence-corrected chi connectivity index (χ2v) is 4.92. The third-order valence-electron chi connectivity index (χ3n) is 3.08. The number of nitriles is 1. The van der Waals surface area contributed by atoms with Gasteiger partial charge < -0.3 is 0 Å². The fourth-order valence-electron chi connectivity index (χ4n) is 1.93. The van der Waals surface area contributed by atoms with Crippen LogP contribution in [0.2, 0.25) is 5.02 Å². The third-order valence-corrected chi connectivity index (χ3v) is 3.30. The molecule has 0 saturated carbocycles. The molecule has 2 aromatic carbocycles. The zero-order valence-electron chi connectivity index (χ0n) is 10.5. The number of benzene rings is 2. The van der Waals surface area contributed by atoms with Crippen molar-refractivity contribution in [2.45, 2.75) is 20.3 Å². The minimum absolute atomic E-state index is 0.387. The van der Waals surface area contributed by atoms with Crippen LogP contribution in [0.15, 0.2) is 36.4 Å². The van der Waals surface area contributed by atoms with E-state index in [1.807, 2.05) is 18.2 Å². The predicted molar refractivity (Wildman–Crippen MR) is 75.7 cm³/mol. The Morgan fingerprint density at radius 2 is 1.78 bits per heavy atom. The average molecular weight is 256 g/mol. The van der Waals surface area contributed by atoms with E-state index in [9.17, 15) is 0 Å². The van der Waals surface area contributed by atoms with Gasteiger partial charge in [0.15, 0.2) is 0 Å². The van der Waals surface area contributed by atoms with Crippen LogP contribution in [-0.2, 0) is 6.42 Å². The molecule has 0 aliphatic heterocycles. The van der Waals surface area contributed by atoms with Gasteiger partial charge in [-0.1, -0.05) is 35.9 Å². The van der Waals surface area contributed by atoms with Gasteiger partial charge in [0.1, 0.15) is 0 Å². The van der Waals surface area contributed by atoms with E-state index in [0.29, 0.717) is 11.4 Å². The van der Waals surface area contributed by atoms with Crippen LogP contribution in [0, 0.1) is 25.2 Å². The Morgan fingerprint density at radius 1 is 1.00 bits per heavy atom. The maximum atomic E-state index is 8.76. The van der Waals surface area contributed by atoms with Gasteiger partial charge in [0.05, 0.1) is 12.5 Å². The summed E-state index contributed by atoms with van der Waals surface area (Å²) in [6, 6.07) is 14.3. The summed E-state index contributed by atoms with van der Waals surface area (Å²) in [7, 11) is 0. The third kappa shape index (κ3) is 2.72. The maximum Gasteiger partial charge on any atom is 0.0669 e. The summed E-state index contributed by atoms with van der Waals surface area (Å²) >= 11 is 6.10. The van der Waals surface area contributed by atoms with E-state index in [-0.39, 0.29) is 0 Å². The molecule has 0 aliphatic rings. The molecule has 2 rings (SSSR count). The number of nitrogens with zero attached hydrogens (tertiary/aromatic N) is 1. The van der Waals surface area contributed by atoms with E-state index in [2.05, 4.69) is 38.1 Å². The SMILES string of the molecule is Cc1ccc(-c2cc(Cl)cc(CC#N)c2)cc1C. The van der Waals surface area contributed by atoms with Crippen molar-refractivity contribution in [3.8, 4) is 17.2 Å². The van der Waals surface area contributed by atoms with Crippen molar-refractivity contribution in [2.24, 2.45) is 0 Å². The highest BCUT2D eigenvalue weighted by Gasteiger charge is 2.03. The van der Waals surface area contributed by atoms with Gasteiger partial charge in [-0.05, 0) is 53.8 Å². The van der Waals surface area contributed by atoms with Gasteiger partial charge in [-0.25, -0.2) is 0 Å². The Morgan fingerprint density at radius 3 is 2.44 bits per heavy atom. The van der Waals surface area contributed by atoms with Crippen molar-refractivity contribution < 1.29 is 0 Å². The zero-order valence-corrected chi connectivity index (χ0v) is 11.3. The summed E-state index contributed by atoms with van der Waals surface area (Å²) in [5, 5.41) is 9.44. The van der Waals surface area contributed by atoms with E-state index in [0.717, 1.165) is 16.7 Å². The number of rotatable bonds is 2. The van der Waals surface area contributed by atoms with Crippen molar-refractivity contribution in [1.82, 2.24) is 0 Å². The topological polar surface area (TPSA) is 23.8 Å². The average Bonchev–Trinajstić information content (AvgIpc) is 2.32. The summed E-state index contributed by atoms with van der Waals surface area (Å²) in [5.74, 6) is 0. The number of halogens is 1. The molecule has 18 heavy (non-hydrogen) atoms. The normalized spacial score (nSPS) is 10.1. The summed E-state index contributed by atoms with van der Waals surface area (Å²) in [5.41, 5.74) is 5.70. The van der Waals surface area contributed by atoms with Gasteiger partial charge in [-0.15, -0.1) is 0 Å². The maximum absolute atomic E-state index is 8.76. The molecule has 0 atom stereocenters. The second-order valence-electron chi connectivity index (χ2n) is 4.48. The zero-order chi connectivity index (χ0) is 13.1. The minimum atomic E-state index is 0.387. The van der Waals surface area contributed by atoms with Gasteiger partial charge in [0.2, 0.25) is 0 Å². The summed E-state index contributed by atoms with van der Waals surface area (Å²) < 4.78 is 0. The van der Waals surface area contributed by atoms with Crippen LogP contribution in [0.3, 0.4) is 0 Å². The van der Waals surface area contributed by atoms with Crippen LogP contribution in [0.25, 0.3) is 11.1 Å². The van der Waals surface area contributed by atoms with Gasteiger partial charge in [-0.3, -0.25) is 0 Å². The van der Waals surface area contributed by atoms with Crippen LogP contribution < -0.4 is 0 Å². The number of hydrogen-bond donors (Lipinski definition) is 0. The largest absolute Gasteiger partial charge is 0.198 e. The van der Waals surface area contributed by atoms with Crippen molar-refractivity contribution in [2.75, 3.05) is 0 Å². The monoisotopic (exact) mass is 255 g/mol. The molecule has 0 aromatic heterocycles. The Labute approximate surface area is 113 Å². The molecule has 0 radical (unpaired) electrons. The van der Waals surface area contributed by atoms with Crippen molar-refractivity contribution in [3.05, 3.63) is 58.1 Å². The highest BCUT2D eigenvalue weighted by atomic mass is 35.5. The molecule has 0 N–H and O–H groups in total. The lowest BCUT2D eigenvalue weighted by Crippen LogP contribution is -1.87. The van der Waals surface area contributed by atoms with Crippen molar-refractivity contribution >= 4 is 11.6 Å². The molecule has 0 unspecified atom stereocenters. The van der Waals surface area contributed by atoms with E-state index >= 15 is 0 Å². The lowest BCUT2D eigenvalue weighted by molar-refractivity contribution is 1.26. The first-order chi connectivity index (χ1) is 8.60. The van der Waals surface area contributed by atoms with Gasteiger partial charge >= 0.3 is 0 Å². The molecular weight excluding hydrogens is 242 g/mol. The first-order valence-electron chi connectivity index (χ1n) is 5.84. The first-order valence-corrected chi connectivity index (χ1v) is 6.22. The summed E-state index contributed by atoms with van der Waals surface area (Å²) in [4.78, 5) is 0. The van der Waals surface area contributed by atoms with Crippen LogP contribution >= 0.6 is 11.6 Å². The fourth-order valence-corrected chi connectivity index (χ4v) is 2.19. The number of aryl methyl sites for hydroxylation is 2. The van der Waals surface area contributed by atoms with E-state index < -0.39 is 0 Å². The van der Waals surface area contributed by atoms with Crippen LogP contribution in [0.1, 0.15) is 16.7 Å². The quantitative estimate of drug-likeness (QED) is 0.764. The smallest absolute Gasteiger partial charge is 0.0669 e. The van der Waals surface area contributed by atoms with Gasteiger partial charge in [0, 0.05) is 5.02 Å². The lowest BCUT2D eigenvalue weighted by Gasteiger charge is -2.08. The van der Waals surface area contributed by atoms with Gasteiger partial charge in [-0.2, -0.15) is 5.26 Å². The molecule has 0 fully saturated rings. The second kappa shape index (κ2) is 5.25. The van der Waals surface area contributed by atoms with Gasteiger partial charge in [0.25, 0.3) is 0 Å². The van der Waals surface area contributed by atoms with Crippen molar-refractivity contribution in [1.29, 1.82) is 5.26 Å². The van der Waals surface area contributed by atoms with E-state index in [1.54, 1.807) is 0 Å². The van der Waals surface area contributed by atoms with Crippen molar-refractivity contribution in [3.63, 3.8) is 0 Å². The molecule has 0 saturated heterocycles. The van der Waals surface area contributed by atoms with Crippen LogP contribution in [0.5, 0.6) is 0 Å². The molecule has 2 heteroatoms.